The Balaban J connectivity index is 0.000000181. The molecule has 0 radical (unpaired) electrons. The fraction of sp³-hybridized carbons (Fsp3) is 0.732. The van der Waals surface area contributed by atoms with Gasteiger partial charge in [0.15, 0.2) is 42.3 Å². The highest BCUT2D eigenvalue weighted by molar-refractivity contribution is 8.78. The molecular weight excluding hydrogens is 1640 g/mol. The Kier molecular flexibility index (Phi) is 37.4. The number of esters is 2. The van der Waals surface area contributed by atoms with Gasteiger partial charge in [0.05, 0.1) is 13.2 Å². The van der Waals surface area contributed by atoms with Crippen molar-refractivity contribution in [3.8, 4) is 0 Å². The van der Waals surface area contributed by atoms with Crippen LogP contribution in [0.1, 0.15) is 163 Å². The highest BCUT2D eigenvalue weighted by Crippen LogP contribution is 2.46. The van der Waals surface area contributed by atoms with E-state index in [1.807, 2.05) is 83.6 Å². The third kappa shape index (κ3) is 28.4. The minimum atomic E-state index is -1.39. The number of carbonyl (C=O) groups excluding carboxylic acids is 2. The number of nitrogens with zero attached hydrogens (tertiary/aromatic N) is 4. The van der Waals surface area contributed by atoms with E-state index in [0.29, 0.717) is 29.8 Å². The van der Waals surface area contributed by atoms with Gasteiger partial charge in [-0.25, -0.2) is 19.2 Å². The van der Waals surface area contributed by atoms with Gasteiger partial charge in [-0.2, -0.15) is 0 Å². The van der Waals surface area contributed by atoms with Crippen molar-refractivity contribution in [2.24, 2.45) is 0 Å². The number of methoxy groups -OCH3 is 2. The van der Waals surface area contributed by atoms with Crippen LogP contribution in [-0.4, -0.2) is 256 Å². The summed E-state index contributed by atoms with van der Waals surface area (Å²) in [6.45, 7) is 9.86. The predicted octanol–water partition coefficient (Wildman–Crippen LogP) is 2.52. The van der Waals surface area contributed by atoms with Gasteiger partial charge in [-0.1, -0.05) is 84.0 Å². The molecule has 4 aromatic rings. The number of aliphatic carboxylic acids is 1. The van der Waals surface area contributed by atoms with E-state index in [0.717, 1.165) is 84.1 Å². The number of rotatable bonds is 27. The number of aliphatic hydroxyl groups excluding tert-OH is 6. The Bertz CT molecular complexity index is 4230. The second-order valence-electron chi connectivity index (χ2n) is 29.1. The zero-order chi connectivity index (χ0) is 83.9. The molecule has 9 fully saturated rings. The molecular formula is C71H106N8O30S6. The Labute approximate surface area is 683 Å². The number of hydrogen-bond donors (Lipinski definition) is 11. The average Bonchev–Trinajstić information content (AvgIpc) is 1.60. The zero-order valence-electron chi connectivity index (χ0n) is 64.9. The fourth-order valence-electron chi connectivity index (χ4n) is 13.0. The van der Waals surface area contributed by atoms with Crippen LogP contribution in [0.4, 0.5) is 0 Å². The van der Waals surface area contributed by atoms with Gasteiger partial charge in [0.2, 0.25) is 0 Å². The van der Waals surface area contributed by atoms with Crippen LogP contribution in [0.25, 0.3) is 0 Å². The van der Waals surface area contributed by atoms with E-state index < -0.39 is 173 Å². The molecule has 0 bridgehead atoms. The van der Waals surface area contributed by atoms with Gasteiger partial charge in [-0.05, 0) is 99.3 Å². The minimum absolute atomic E-state index is 0.0170. The maximum Gasteiger partial charge on any atom is 0.330 e. The summed E-state index contributed by atoms with van der Waals surface area (Å²) in [4.78, 5) is 135. The highest BCUT2D eigenvalue weighted by Gasteiger charge is 2.58. The van der Waals surface area contributed by atoms with Crippen molar-refractivity contribution in [2.45, 2.75) is 269 Å². The number of aromatic nitrogens is 8. The smallest absolute Gasteiger partial charge is 0.330 e. The second kappa shape index (κ2) is 45.3. The van der Waals surface area contributed by atoms with Crippen molar-refractivity contribution in [1.82, 2.24) is 38.2 Å². The molecule has 9 saturated heterocycles. The summed E-state index contributed by atoms with van der Waals surface area (Å²) in [5.74, 6) is 0.282. The summed E-state index contributed by atoms with van der Waals surface area (Å²) in [5.41, 5.74) is -4.83. The molecule has 44 heteroatoms. The van der Waals surface area contributed by atoms with E-state index in [1.54, 1.807) is 41.9 Å². The summed E-state index contributed by atoms with van der Waals surface area (Å²) < 4.78 is 70.4. The Morgan fingerprint density at radius 1 is 0.452 bits per heavy atom. The fourth-order valence-corrected chi connectivity index (χ4v) is 22.0. The molecule has 4 aromatic heterocycles. The van der Waals surface area contributed by atoms with Crippen molar-refractivity contribution in [3.05, 3.63) is 132 Å². The molecule has 13 heterocycles. The lowest BCUT2D eigenvalue weighted by Crippen LogP contribution is -2.37. The molecule has 5 unspecified atom stereocenters. The van der Waals surface area contributed by atoms with Gasteiger partial charge >= 0.3 is 40.7 Å². The molecule has 115 heavy (non-hydrogen) atoms. The molecule has 9 aliphatic heterocycles. The molecule has 0 spiro atoms. The van der Waals surface area contributed by atoms with Crippen molar-refractivity contribution in [2.75, 3.05) is 57.9 Å². The molecule has 0 aromatic carbocycles. The Hall–Kier alpha value is -5.41. The first-order valence-corrected chi connectivity index (χ1v) is 44.8. The molecule has 13 rings (SSSR count). The van der Waals surface area contributed by atoms with Gasteiger partial charge in [-0.3, -0.25) is 71.8 Å². The lowest BCUT2D eigenvalue weighted by Gasteiger charge is -2.24. The van der Waals surface area contributed by atoms with Crippen LogP contribution < -0.4 is 45.0 Å². The standard InChI is InChI=1S/C20H28N2O7S2.C17H24N2O7S2.C12H16N2O6.C9H12N2O6.C8H14O2S2.C5H12O2/c1-20(2)28-16-13(11-26-15(24)6-4-3-5-12-8-10-30-31-12)27-18(17(16)29-20)22-9-7-14(23)21-19(22)25;20-12-5-7-19(17(24)18-12)16-15(23)14(22)11(26-16)9-25-13(21)4-2-1-3-10-6-8-27-28-10;1-12(2)19-8-6(5-15)18-10(9(8)20-12)14-4-3-7(16)13-11(14)17;12-3-4-6(14)7(15)8(17-4)11-2-1-5(13)10-9(11)16;9-8(10)4-2-1-3-7-5-6-11-12-7;1-5(2,6-3)7-4/h7,9,12-13,16-18H,3-6,8,10-11H2,1-2H3,(H,21,23,25);5,7,10-11,14-16,22-23H,1-4,6,8-9H2,(H,18,20,24);3-4,6,8-10,15H,5H2,1-2H3,(H,13,16,17);1-2,4,6-8,12,14-15H,3H2,(H,10,13,16);7H,1-6H2,(H,9,10);1-4H3/t12?,13?,16-,17-,18-;10?,11?,14-,15-,16-;6-,8-,9-,10-;4-,6-,7-,8-;;/m1111../s1. The van der Waals surface area contributed by atoms with Crippen LogP contribution in [0.2, 0.25) is 0 Å². The molecule has 19 atom stereocenters. The molecule has 0 aliphatic carbocycles. The number of fused-ring (bicyclic) bond motifs is 2. The molecule has 646 valence electrons. The van der Waals surface area contributed by atoms with E-state index in [-0.39, 0.29) is 31.8 Å². The van der Waals surface area contributed by atoms with E-state index in [4.69, 9.17) is 67.1 Å². The van der Waals surface area contributed by atoms with Gasteiger partial charge < -0.3 is 92.6 Å². The van der Waals surface area contributed by atoms with Gasteiger partial charge in [0, 0.05) is 116 Å². The first kappa shape index (κ1) is 95.1. The quantitative estimate of drug-likeness (QED) is 0.0177. The van der Waals surface area contributed by atoms with E-state index in [1.165, 1.54) is 82.8 Å². The third-order valence-corrected chi connectivity index (χ3v) is 28.3. The number of ether oxygens (including phenoxy) is 12. The average molecular weight is 1740 g/mol. The van der Waals surface area contributed by atoms with Crippen LogP contribution in [0.15, 0.2) is 87.4 Å². The van der Waals surface area contributed by atoms with Crippen LogP contribution in [0.5, 0.6) is 0 Å². The van der Waals surface area contributed by atoms with E-state index >= 15 is 0 Å². The number of carboxylic acids is 1. The first-order chi connectivity index (χ1) is 54.6. The molecule has 11 N–H and O–H groups in total. The number of carbonyl (C=O) groups is 3. The van der Waals surface area contributed by atoms with Gasteiger partial charge in [0.25, 0.3) is 22.2 Å². The molecule has 9 aliphatic rings. The van der Waals surface area contributed by atoms with Crippen LogP contribution in [0.3, 0.4) is 0 Å². The summed E-state index contributed by atoms with van der Waals surface area (Å²) in [5, 5.41) is 68.3. The zero-order valence-corrected chi connectivity index (χ0v) is 69.8. The number of unbranched alkanes of at least 4 members (excludes halogenated alkanes) is 3. The first-order valence-electron chi connectivity index (χ1n) is 37.7. The number of aliphatic hydroxyl groups is 6. The van der Waals surface area contributed by atoms with Crippen LogP contribution >= 0.6 is 64.8 Å². The number of nitrogens with one attached hydrogen (secondary N) is 4. The lowest BCUT2D eigenvalue weighted by atomic mass is 10.1. The van der Waals surface area contributed by atoms with E-state index in [2.05, 4.69) is 15.0 Å². The lowest BCUT2D eigenvalue weighted by molar-refractivity contribution is -0.203. The van der Waals surface area contributed by atoms with Gasteiger partial charge in [0.1, 0.15) is 86.5 Å². The summed E-state index contributed by atoms with van der Waals surface area (Å²) >= 11 is 0. The van der Waals surface area contributed by atoms with Crippen molar-refractivity contribution < 1.29 is 107 Å². The maximum absolute atomic E-state index is 12.2. The normalized spacial score (nSPS) is 29.9. The SMILES string of the molecule is CC1(C)O[C@@H]2[C@H](O1)C(COC(=O)CCCCC1CCSS1)O[C@H]2n1ccc(=O)[nH]c1=O.CC1(C)O[C@@H]2[C@H](O1)[C@@H](CO)O[C@H]2n1ccc(=O)[nH]c1=O.COC(C)(C)OC.O=C(CCCCC1CCSS1)OCC1O[C@@H](n2ccc(=O)[nH]c2=O)[C@H](O)[C@@H]1O.O=C(O)CCCCC1CCSS1.O=c1ccn([C@@H]2O[C@H](CO)[C@@H](O)[C@H]2O)c(=O)[nH]1. The molecule has 0 saturated carbocycles. The summed E-state index contributed by atoms with van der Waals surface area (Å²) in [6, 6.07) is 4.68. The predicted molar refractivity (Wildman–Crippen MR) is 425 cm³/mol. The molecule has 0 amide bonds. The Morgan fingerprint density at radius 2 is 0.765 bits per heavy atom. The van der Waals surface area contributed by atoms with E-state index in [9.17, 15) is 78.3 Å². The third-order valence-electron chi connectivity index (χ3n) is 19.2. The maximum atomic E-state index is 12.2. The van der Waals surface area contributed by atoms with Crippen LogP contribution in [-0.2, 0) is 71.2 Å². The Morgan fingerprint density at radius 3 is 1.09 bits per heavy atom. The summed E-state index contributed by atoms with van der Waals surface area (Å²) in [6.07, 6.45) is 4.36. The highest BCUT2D eigenvalue weighted by atomic mass is 33.1. The monoisotopic (exact) mass is 1740 g/mol. The number of carboxylic acid groups (broad SMARTS) is 1. The number of aromatic amines is 4. The van der Waals surface area contributed by atoms with Gasteiger partial charge in [-0.15, -0.1) is 0 Å². The topological polar surface area (TPSA) is 523 Å². The van der Waals surface area contributed by atoms with Crippen molar-refractivity contribution in [3.63, 3.8) is 0 Å². The molecule has 38 nitrogen and oxygen atoms in total. The number of H-pyrrole nitrogens is 4. The number of hydrogen-bond acceptors (Lipinski definition) is 35. The largest absolute Gasteiger partial charge is 0.481 e. The van der Waals surface area contributed by atoms with Crippen molar-refractivity contribution >= 4 is 82.7 Å². The minimum Gasteiger partial charge on any atom is -0.481 e. The second-order valence-corrected chi connectivity index (χ2v) is 37.4. The van der Waals surface area contributed by atoms with Crippen molar-refractivity contribution in [1.29, 1.82) is 0 Å². The van der Waals surface area contributed by atoms with Crippen LogP contribution in [0, 0.1) is 0 Å². The summed E-state index contributed by atoms with van der Waals surface area (Å²) in [7, 11) is 14.8.